The second-order valence-corrected chi connectivity index (χ2v) is 10.0. The number of rotatable bonds is 10. The molecule has 0 fully saturated rings. The quantitative estimate of drug-likeness (QED) is 0.592. The standard InChI is InChI=1S/C24H33N3O4S/c1-18(2)21-11-13-22(14-12-21)27(32(5,30)31)17-23(28)26(19(3)24(29)25-4)16-15-20-9-7-6-8-10-20/h6-14,18-19H,15-17H2,1-5H3,(H,25,29)/t19-/m0/s1. The smallest absolute Gasteiger partial charge is 0.244 e. The van der Waals surface area contributed by atoms with Crippen LogP contribution in [0.5, 0.6) is 0 Å². The van der Waals surface area contributed by atoms with Gasteiger partial charge in [0, 0.05) is 13.6 Å². The summed E-state index contributed by atoms with van der Waals surface area (Å²) in [6.07, 6.45) is 1.63. The molecule has 0 unspecified atom stereocenters. The number of amides is 2. The molecular formula is C24H33N3O4S. The lowest BCUT2D eigenvalue weighted by atomic mass is 10.0. The van der Waals surface area contributed by atoms with E-state index in [1.807, 2.05) is 42.5 Å². The zero-order valence-corrected chi connectivity index (χ0v) is 20.2. The summed E-state index contributed by atoms with van der Waals surface area (Å²) in [5.41, 5.74) is 2.52. The Labute approximate surface area is 191 Å². The lowest BCUT2D eigenvalue weighted by Crippen LogP contribution is -2.51. The fourth-order valence-corrected chi connectivity index (χ4v) is 4.27. The minimum Gasteiger partial charge on any atom is -0.357 e. The van der Waals surface area contributed by atoms with Crippen molar-refractivity contribution in [1.82, 2.24) is 10.2 Å². The van der Waals surface area contributed by atoms with Crippen molar-refractivity contribution in [2.24, 2.45) is 0 Å². The molecule has 0 spiro atoms. The normalized spacial score (nSPS) is 12.3. The molecule has 0 aliphatic carbocycles. The fraction of sp³-hybridized carbons (Fsp3) is 0.417. The van der Waals surface area contributed by atoms with Gasteiger partial charge in [0.15, 0.2) is 0 Å². The van der Waals surface area contributed by atoms with E-state index >= 15 is 0 Å². The van der Waals surface area contributed by atoms with E-state index in [0.717, 1.165) is 21.7 Å². The number of carbonyl (C=O) groups excluding carboxylic acids is 2. The summed E-state index contributed by atoms with van der Waals surface area (Å²) in [7, 11) is -2.20. The van der Waals surface area contributed by atoms with Gasteiger partial charge in [-0.3, -0.25) is 13.9 Å². The van der Waals surface area contributed by atoms with Crippen LogP contribution in [-0.4, -0.2) is 57.6 Å². The van der Waals surface area contributed by atoms with Crippen LogP contribution in [0.25, 0.3) is 0 Å². The lowest BCUT2D eigenvalue weighted by Gasteiger charge is -2.31. The number of hydrogen-bond acceptors (Lipinski definition) is 4. The molecule has 0 aliphatic heterocycles. The number of nitrogens with one attached hydrogen (secondary N) is 1. The summed E-state index contributed by atoms with van der Waals surface area (Å²) >= 11 is 0. The Morgan fingerprint density at radius 2 is 1.56 bits per heavy atom. The van der Waals surface area contributed by atoms with Crippen LogP contribution < -0.4 is 9.62 Å². The third kappa shape index (κ3) is 6.82. The highest BCUT2D eigenvalue weighted by molar-refractivity contribution is 7.92. The summed E-state index contributed by atoms with van der Waals surface area (Å²) < 4.78 is 26.1. The van der Waals surface area contributed by atoms with Crippen LogP contribution in [0.2, 0.25) is 0 Å². The Kier molecular flexibility index (Phi) is 8.83. The highest BCUT2D eigenvalue weighted by atomic mass is 32.2. The third-order valence-electron chi connectivity index (χ3n) is 5.42. The molecule has 32 heavy (non-hydrogen) atoms. The summed E-state index contributed by atoms with van der Waals surface area (Å²) in [6.45, 7) is 5.66. The summed E-state index contributed by atoms with van der Waals surface area (Å²) in [6, 6.07) is 16.0. The molecule has 8 heteroatoms. The van der Waals surface area contributed by atoms with Crippen molar-refractivity contribution in [3.05, 3.63) is 65.7 Å². The van der Waals surface area contributed by atoms with E-state index in [1.54, 1.807) is 19.1 Å². The van der Waals surface area contributed by atoms with E-state index in [1.165, 1.54) is 11.9 Å². The molecule has 0 saturated carbocycles. The van der Waals surface area contributed by atoms with Crippen molar-refractivity contribution >= 4 is 27.5 Å². The summed E-state index contributed by atoms with van der Waals surface area (Å²) in [4.78, 5) is 27.0. The molecule has 0 bridgehead atoms. The van der Waals surface area contributed by atoms with Crippen LogP contribution in [0.15, 0.2) is 54.6 Å². The van der Waals surface area contributed by atoms with Gasteiger partial charge < -0.3 is 10.2 Å². The van der Waals surface area contributed by atoms with Gasteiger partial charge in [-0.2, -0.15) is 0 Å². The minimum atomic E-state index is -3.71. The van der Waals surface area contributed by atoms with Crippen LogP contribution in [0, 0.1) is 0 Å². The van der Waals surface area contributed by atoms with Gasteiger partial charge in [0.2, 0.25) is 21.8 Å². The first-order chi connectivity index (χ1) is 15.0. The molecule has 2 rings (SSSR count). The molecule has 2 aromatic carbocycles. The predicted molar refractivity (Wildman–Crippen MR) is 128 cm³/mol. The van der Waals surface area contributed by atoms with Crippen molar-refractivity contribution in [2.75, 3.05) is 30.7 Å². The zero-order chi connectivity index (χ0) is 23.9. The Morgan fingerprint density at radius 3 is 2.06 bits per heavy atom. The number of benzene rings is 2. The van der Waals surface area contributed by atoms with E-state index in [0.29, 0.717) is 24.6 Å². The number of likely N-dealkylation sites (N-methyl/N-ethyl adjacent to an activating group) is 1. The Bertz CT molecular complexity index is 1010. The number of sulfonamides is 1. The molecule has 0 saturated heterocycles. The molecule has 0 heterocycles. The van der Waals surface area contributed by atoms with E-state index in [-0.39, 0.29) is 12.5 Å². The molecule has 0 aliphatic rings. The zero-order valence-electron chi connectivity index (χ0n) is 19.4. The van der Waals surface area contributed by atoms with Crippen LogP contribution in [0.4, 0.5) is 5.69 Å². The third-order valence-corrected chi connectivity index (χ3v) is 6.57. The van der Waals surface area contributed by atoms with Crippen molar-refractivity contribution in [3.8, 4) is 0 Å². The van der Waals surface area contributed by atoms with Crippen molar-refractivity contribution in [3.63, 3.8) is 0 Å². The van der Waals surface area contributed by atoms with Gasteiger partial charge in [-0.25, -0.2) is 8.42 Å². The first-order valence-corrected chi connectivity index (χ1v) is 12.5. The van der Waals surface area contributed by atoms with Crippen molar-refractivity contribution in [1.29, 1.82) is 0 Å². The molecule has 1 atom stereocenters. The van der Waals surface area contributed by atoms with Gasteiger partial charge >= 0.3 is 0 Å². The average molecular weight is 460 g/mol. The summed E-state index contributed by atoms with van der Waals surface area (Å²) in [5, 5.41) is 2.57. The molecule has 0 aromatic heterocycles. The molecule has 174 valence electrons. The van der Waals surface area contributed by atoms with Gasteiger partial charge in [-0.15, -0.1) is 0 Å². The SMILES string of the molecule is CNC(=O)[C@H](C)N(CCc1ccccc1)C(=O)CN(c1ccc(C(C)C)cc1)S(C)(=O)=O. The van der Waals surface area contributed by atoms with E-state index < -0.39 is 22.0 Å². The first kappa shape index (κ1) is 25.4. The molecule has 1 N–H and O–H groups in total. The maximum absolute atomic E-state index is 13.3. The fourth-order valence-electron chi connectivity index (χ4n) is 3.42. The van der Waals surface area contributed by atoms with Gasteiger partial charge in [-0.1, -0.05) is 56.3 Å². The van der Waals surface area contributed by atoms with Gasteiger partial charge in [0.1, 0.15) is 12.6 Å². The molecule has 7 nitrogen and oxygen atoms in total. The second kappa shape index (κ2) is 11.1. The van der Waals surface area contributed by atoms with Crippen molar-refractivity contribution < 1.29 is 18.0 Å². The van der Waals surface area contributed by atoms with Crippen LogP contribution in [0.3, 0.4) is 0 Å². The second-order valence-electron chi connectivity index (χ2n) is 8.13. The first-order valence-electron chi connectivity index (χ1n) is 10.7. The highest BCUT2D eigenvalue weighted by Gasteiger charge is 2.29. The predicted octanol–water partition coefficient (Wildman–Crippen LogP) is 2.78. The largest absolute Gasteiger partial charge is 0.357 e. The van der Waals surface area contributed by atoms with Gasteiger partial charge in [0.05, 0.1) is 11.9 Å². The molecular weight excluding hydrogens is 426 g/mol. The average Bonchev–Trinajstić information content (AvgIpc) is 2.76. The number of anilines is 1. The molecule has 2 amide bonds. The molecule has 0 radical (unpaired) electrons. The topological polar surface area (TPSA) is 86.8 Å². The maximum atomic E-state index is 13.3. The van der Waals surface area contributed by atoms with Crippen LogP contribution >= 0.6 is 0 Å². The molecule has 2 aromatic rings. The van der Waals surface area contributed by atoms with Gasteiger partial charge in [0.25, 0.3) is 0 Å². The van der Waals surface area contributed by atoms with Crippen LogP contribution in [-0.2, 0) is 26.0 Å². The lowest BCUT2D eigenvalue weighted by molar-refractivity contribution is -0.138. The van der Waals surface area contributed by atoms with Crippen molar-refractivity contribution in [2.45, 2.75) is 39.2 Å². The Hall–Kier alpha value is -2.87. The van der Waals surface area contributed by atoms with E-state index in [2.05, 4.69) is 19.2 Å². The van der Waals surface area contributed by atoms with E-state index in [4.69, 9.17) is 0 Å². The van der Waals surface area contributed by atoms with Gasteiger partial charge in [-0.05, 0) is 42.5 Å². The highest BCUT2D eigenvalue weighted by Crippen LogP contribution is 2.22. The Morgan fingerprint density at radius 1 is 0.969 bits per heavy atom. The number of carbonyl (C=O) groups is 2. The van der Waals surface area contributed by atoms with Crippen LogP contribution in [0.1, 0.15) is 37.8 Å². The number of hydrogen-bond donors (Lipinski definition) is 1. The Balaban J connectivity index is 2.29. The van der Waals surface area contributed by atoms with E-state index in [9.17, 15) is 18.0 Å². The summed E-state index contributed by atoms with van der Waals surface area (Å²) in [5.74, 6) is -0.437. The maximum Gasteiger partial charge on any atom is 0.244 e. The minimum absolute atomic E-state index is 0.293. The number of nitrogens with zero attached hydrogens (tertiary/aromatic N) is 2. The monoisotopic (exact) mass is 459 g/mol.